The van der Waals surface area contributed by atoms with Crippen molar-refractivity contribution in [3.8, 4) is 0 Å². The average molecular weight is 267 g/mol. The summed E-state index contributed by atoms with van der Waals surface area (Å²) in [6.07, 6.45) is -2.64. The Hall–Kier alpha value is -1.04. The molecule has 2 nitrogen and oxygen atoms in total. The van der Waals surface area contributed by atoms with E-state index >= 15 is 0 Å². The topological polar surface area (TPSA) is 25.2 Å². The number of rotatable bonds is 7. The monoisotopic (exact) mass is 267 g/mol. The molecule has 0 aliphatic rings. The van der Waals surface area contributed by atoms with Crippen molar-refractivity contribution < 1.29 is 22.0 Å². The number of nitrogens with one attached hydrogen (secondary N) is 1. The van der Waals surface area contributed by atoms with Gasteiger partial charge in [0.05, 0.1) is 0 Å². The molecule has 0 fully saturated rings. The van der Waals surface area contributed by atoms with Gasteiger partial charge < -0.3 is 9.73 Å². The van der Waals surface area contributed by atoms with Crippen LogP contribution in [0.15, 0.2) is 16.5 Å². The van der Waals surface area contributed by atoms with Crippen LogP contribution in [0.1, 0.15) is 37.8 Å². The first-order valence-electron chi connectivity index (χ1n) is 5.91. The van der Waals surface area contributed by atoms with Crippen molar-refractivity contribution in [2.24, 2.45) is 0 Å². The Morgan fingerprint density at radius 1 is 1.28 bits per heavy atom. The fourth-order valence-corrected chi connectivity index (χ4v) is 1.58. The molecule has 6 heteroatoms. The van der Waals surface area contributed by atoms with Crippen LogP contribution in [0.2, 0.25) is 0 Å². The Bertz CT molecular complexity index is 365. The van der Waals surface area contributed by atoms with Gasteiger partial charge in [0.25, 0.3) is 0 Å². The number of aryl methyl sites for hydroxylation is 1. The number of furan rings is 1. The maximum absolute atomic E-state index is 13.5. The average Bonchev–Trinajstić information content (AvgIpc) is 2.77. The third-order valence-electron chi connectivity index (χ3n) is 2.59. The van der Waals surface area contributed by atoms with Gasteiger partial charge in [-0.2, -0.15) is 8.78 Å². The van der Waals surface area contributed by atoms with E-state index in [1.165, 1.54) is 12.1 Å². The number of halogens is 4. The van der Waals surface area contributed by atoms with Gasteiger partial charge >= 0.3 is 12.3 Å². The summed E-state index contributed by atoms with van der Waals surface area (Å²) in [6, 6.07) is 1.05. The lowest BCUT2D eigenvalue weighted by atomic mass is 10.1. The molecule has 104 valence electrons. The minimum atomic E-state index is -4.15. The summed E-state index contributed by atoms with van der Waals surface area (Å²) in [5.74, 6) is -3.80. The highest BCUT2D eigenvalue weighted by atomic mass is 19.3. The summed E-state index contributed by atoms with van der Waals surface area (Å²) in [7, 11) is 0. The Labute approximate surface area is 103 Å². The molecule has 0 saturated carbocycles. The quantitative estimate of drug-likeness (QED) is 0.760. The molecule has 1 heterocycles. The van der Waals surface area contributed by atoms with E-state index in [0.717, 1.165) is 0 Å². The molecule has 0 saturated heterocycles. The van der Waals surface area contributed by atoms with Crippen LogP contribution in [-0.2, 0) is 6.42 Å². The van der Waals surface area contributed by atoms with Gasteiger partial charge in [0.15, 0.2) is 0 Å². The molecule has 0 radical (unpaired) electrons. The maximum atomic E-state index is 13.5. The van der Waals surface area contributed by atoms with Gasteiger partial charge in [-0.25, -0.2) is 8.78 Å². The lowest BCUT2D eigenvalue weighted by Gasteiger charge is -2.25. The van der Waals surface area contributed by atoms with Gasteiger partial charge in [-0.15, -0.1) is 0 Å². The molecular weight excluding hydrogens is 250 g/mol. The number of alkyl halides is 4. The van der Waals surface area contributed by atoms with E-state index in [9.17, 15) is 17.6 Å². The third-order valence-corrected chi connectivity index (χ3v) is 2.59. The Balaban J connectivity index is 2.97. The highest BCUT2D eigenvalue weighted by Gasteiger charge is 2.50. The van der Waals surface area contributed by atoms with E-state index < -0.39 is 18.4 Å². The molecule has 0 spiro atoms. The molecule has 1 unspecified atom stereocenters. The van der Waals surface area contributed by atoms with Crippen molar-refractivity contribution in [3.63, 3.8) is 0 Å². The highest BCUT2D eigenvalue weighted by molar-refractivity contribution is 5.14. The van der Waals surface area contributed by atoms with Crippen LogP contribution in [0.25, 0.3) is 0 Å². The molecule has 0 bridgehead atoms. The first kappa shape index (κ1) is 15.0. The molecule has 1 rings (SSSR count). The molecule has 18 heavy (non-hydrogen) atoms. The molecule has 0 aromatic carbocycles. The zero-order chi connectivity index (χ0) is 13.8. The van der Waals surface area contributed by atoms with Crippen LogP contribution in [0.4, 0.5) is 17.6 Å². The summed E-state index contributed by atoms with van der Waals surface area (Å²) in [5, 5.41) is 2.42. The lowest BCUT2D eigenvalue weighted by molar-refractivity contribution is -0.154. The van der Waals surface area contributed by atoms with Gasteiger partial charge in [-0.1, -0.05) is 13.8 Å². The van der Waals surface area contributed by atoms with Crippen molar-refractivity contribution in [1.29, 1.82) is 0 Å². The summed E-state index contributed by atoms with van der Waals surface area (Å²) in [6.45, 7) is 3.78. The second-order valence-electron chi connectivity index (χ2n) is 4.02. The van der Waals surface area contributed by atoms with Crippen molar-refractivity contribution in [2.75, 3.05) is 6.54 Å². The molecule has 1 N–H and O–H groups in total. The van der Waals surface area contributed by atoms with E-state index in [2.05, 4.69) is 5.32 Å². The largest absolute Gasteiger partial charge is 0.464 e. The van der Waals surface area contributed by atoms with Crippen molar-refractivity contribution in [2.45, 2.75) is 45.1 Å². The van der Waals surface area contributed by atoms with Crippen LogP contribution in [0.5, 0.6) is 0 Å². The van der Waals surface area contributed by atoms with Crippen molar-refractivity contribution in [1.82, 2.24) is 5.32 Å². The Kier molecular flexibility index (Phi) is 5.19. The second kappa shape index (κ2) is 6.22. The summed E-state index contributed by atoms with van der Waals surface area (Å²) >= 11 is 0. The minimum Gasteiger partial charge on any atom is -0.464 e. The predicted molar refractivity (Wildman–Crippen MR) is 60.1 cm³/mol. The first-order chi connectivity index (χ1) is 8.43. The normalized spacial score (nSPS) is 14.2. The van der Waals surface area contributed by atoms with Crippen molar-refractivity contribution in [3.05, 3.63) is 23.7 Å². The lowest BCUT2D eigenvalue weighted by Crippen LogP contribution is -2.42. The molecule has 1 aromatic rings. The fourth-order valence-electron chi connectivity index (χ4n) is 1.58. The number of hydrogen-bond donors (Lipinski definition) is 1. The third kappa shape index (κ3) is 3.25. The predicted octanol–water partition coefficient (Wildman–Crippen LogP) is 3.78. The van der Waals surface area contributed by atoms with Gasteiger partial charge in [-0.3, -0.25) is 0 Å². The zero-order valence-electron chi connectivity index (χ0n) is 10.4. The Morgan fingerprint density at radius 3 is 2.39 bits per heavy atom. The fraction of sp³-hybridized carbons (Fsp3) is 0.667. The van der Waals surface area contributed by atoms with Gasteiger partial charge in [0, 0.05) is 6.42 Å². The highest BCUT2D eigenvalue weighted by Crippen LogP contribution is 2.37. The van der Waals surface area contributed by atoms with E-state index in [1.807, 2.05) is 0 Å². The smallest absolute Gasteiger partial charge is 0.329 e. The maximum Gasteiger partial charge on any atom is 0.329 e. The summed E-state index contributed by atoms with van der Waals surface area (Å²) in [5.41, 5.74) is 0. The van der Waals surface area contributed by atoms with E-state index in [4.69, 9.17) is 4.42 Å². The molecule has 0 aliphatic heterocycles. The van der Waals surface area contributed by atoms with Crippen LogP contribution in [0.3, 0.4) is 0 Å². The molecule has 1 aromatic heterocycles. The van der Waals surface area contributed by atoms with Gasteiger partial charge in [0.1, 0.15) is 17.6 Å². The van der Waals surface area contributed by atoms with Crippen LogP contribution in [-0.4, -0.2) is 18.9 Å². The molecule has 0 aliphatic carbocycles. The first-order valence-corrected chi connectivity index (χ1v) is 5.91. The van der Waals surface area contributed by atoms with E-state index in [1.54, 1.807) is 13.8 Å². The molecule has 1 atom stereocenters. The van der Waals surface area contributed by atoms with Crippen LogP contribution < -0.4 is 5.32 Å². The summed E-state index contributed by atoms with van der Waals surface area (Å²) in [4.78, 5) is 0. The minimum absolute atomic E-state index is 0.148. The second-order valence-corrected chi connectivity index (χ2v) is 4.02. The zero-order valence-corrected chi connectivity index (χ0v) is 10.4. The van der Waals surface area contributed by atoms with Crippen LogP contribution in [0, 0.1) is 0 Å². The van der Waals surface area contributed by atoms with E-state index in [-0.39, 0.29) is 12.3 Å². The number of hydrogen-bond acceptors (Lipinski definition) is 2. The van der Waals surface area contributed by atoms with Crippen molar-refractivity contribution >= 4 is 0 Å². The molecular formula is C12H17F4NO. The SMILES string of the molecule is CCCNC(c1ccc(CC)o1)C(F)(F)C(F)F. The van der Waals surface area contributed by atoms with Crippen LogP contribution >= 0.6 is 0 Å². The van der Waals surface area contributed by atoms with E-state index in [0.29, 0.717) is 18.6 Å². The van der Waals surface area contributed by atoms with Gasteiger partial charge in [-0.05, 0) is 25.1 Å². The standard InChI is InChI=1S/C12H17F4NO/c1-3-7-17-10(12(15,16)11(13)14)9-6-5-8(4-2)18-9/h5-6,10-11,17H,3-4,7H2,1-2H3. The summed E-state index contributed by atoms with van der Waals surface area (Å²) < 4.78 is 56.9. The van der Waals surface area contributed by atoms with Gasteiger partial charge in [0.2, 0.25) is 0 Å². The Morgan fingerprint density at radius 2 is 1.94 bits per heavy atom. The molecule has 0 amide bonds.